The van der Waals surface area contributed by atoms with E-state index in [1.807, 2.05) is 6.92 Å². The number of benzene rings is 2. The summed E-state index contributed by atoms with van der Waals surface area (Å²) in [6.07, 6.45) is -1.88. The molecule has 0 saturated carbocycles. The lowest BCUT2D eigenvalue weighted by molar-refractivity contribution is -0.137. The molecule has 1 N–H and O–H groups in total. The molecule has 1 fully saturated rings. The highest BCUT2D eigenvalue weighted by Gasteiger charge is 2.30. The van der Waals surface area contributed by atoms with Crippen LogP contribution in [0.4, 0.5) is 24.5 Å². The number of ether oxygens (including phenoxy) is 1. The van der Waals surface area contributed by atoms with Crippen molar-refractivity contribution in [2.45, 2.75) is 38.6 Å². The summed E-state index contributed by atoms with van der Waals surface area (Å²) in [6.45, 7) is 3.76. The van der Waals surface area contributed by atoms with Crippen LogP contribution in [0.5, 0.6) is 0 Å². The lowest BCUT2D eigenvalue weighted by Gasteiger charge is -2.26. The van der Waals surface area contributed by atoms with Gasteiger partial charge in [-0.3, -0.25) is 4.90 Å². The summed E-state index contributed by atoms with van der Waals surface area (Å²) in [5, 5.41) is 2.91. The zero-order chi connectivity index (χ0) is 20.1. The molecule has 4 nitrogen and oxygen atoms in total. The Morgan fingerprint density at radius 2 is 1.77 bits per heavy atom. The van der Waals surface area contributed by atoms with Crippen molar-refractivity contribution in [1.29, 1.82) is 0 Å². The Morgan fingerprint density at radius 3 is 2.40 bits per heavy atom. The molecule has 30 heavy (non-hydrogen) atoms. The Bertz CT molecular complexity index is 828. The second kappa shape index (κ2) is 11.4. The van der Waals surface area contributed by atoms with Crippen molar-refractivity contribution in [3.8, 4) is 0 Å². The van der Waals surface area contributed by atoms with Crippen molar-refractivity contribution in [3.05, 3.63) is 59.7 Å². The maximum Gasteiger partial charge on any atom is 0.416 e. The normalized spacial score (nSPS) is 14.9. The van der Waals surface area contributed by atoms with Crippen LogP contribution < -0.4 is 5.32 Å². The summed E-state index contributed by atoms with van der Waals surface area (Å²) < 4.78 is 44.5. The van der Waals surface area contributed by atoms with Gasteiger partial charge in [0.05, 0.1) is 16.8 Å². The molecular weight excluding hydrogens is 440 g/mol. The number of halogens is 5. The third kappa shape index (κ3) is 6.52. The number of esters is 1. The van der Waals surface area contributed by atoms with Crippen LogP contribution in [0.15, 0.2) is 48.5 Å². The fraction of sp³-hybridized carbons (Fsp3) is 0.381. The third-order valence-electron chi connectivity index (χ3n) is 4.76. The Hall–Kier alpha value is -1.96. The van der Waals surface area contributed by atoms with Crippen LogP contribution in [-0.4, -0.2) is 30.2 Å². The van der Waals surface area contributed by atoms with E-state index in [9.17, 15) is 18.0 Å². The van der Waals surface area contributed by atoms with Gasteiger partial charge >= 0.3 is 12.1 Å². The van der Waals surface area contributed by atoms with Crippen molar-refractivity contribution in [1.82, 2.24) is 4.90 Å². The van der Waals surface area contributed by atoms with E-state index in [2.05, 4.69) is 10.2 Å². The number of carbonyl (C=O) groups excluding carboxylic acids is 1. The molecule has 1 aliphatic rings. The molecule has 1 heterocycles. The molecule has 1 atom stereocenters. The number of carbonyl (C=O) groups is 1. The number of hydrogen-bond donors (Lipinski definition) is 1. The second-order valence-corrected chi connectivity index (χ2v) is 6.76. The molecule has 1 unspecified atom stereocenters. The van der Waals surface area contributed by atoms with Crippen LogP contribution in [0.25, 0.3) is 0 Å². The Morgan fingerprint density at radius 1 is 1.10 bits per heavy atom. The van der Waals surface area contributed by atoms with Gasteiger partial charge in [0.2, 0.25) is 0 Å². The van der Waals surface area contributed by atoms with E-state index in [4.69, 9.17) is 4.74 Å². The first kappa shape index (κ1) is 26.1. The number of nitrogens with one attached hydrogen (secondary N) is 1. The van der Waals surface area contributed by atoms with Crippen molar-refractivity contribution in [2.24, 2.45) is 0 Å². The number of hydrogen-bond acceptors (Lipinski definition) is 4. The highest BCUT2D eigenvalue weighted by molar-refractivity contribution is 5.96. The van der Waals surface area contributed by atoms with Gasteiger partial charge in [0, 0.05) is 18.8 Å². The van der Waals surface area contributed by atoms with Gasteiger partial charge in [0.15, 0.2) is 6.23 Å². The number of nitrogens with zero attached hydrogens (tertiary/aromatic N) is 1. The monoisotopic (exact) mass is 464 g/mol. The molecule has 0 radical (unpaired) electrons. The summed E-state index contributed by atoms with van der Waals surface area (Å²) in [6, 6.07) is 11.5. The van der Waals surface area contributed by atoms with E-state index < -0.39 is 17.7 Å². The van der Waals surface area contributed by atoms with Crippen LogP contribution in [0.1, 0.15) is 42.1 Å². The summed E-state index contributed by atoms with van der Waals surface area (Å²) in [5.74, 6) is -0.492. The molecule has 0 aliphatic carbocycles. The van der Waals surface area contributed by atoms with Gasteiger partial charge in [-0.05, 0) is 49.6 Å². The molecule has 0 amide bonds. The zero-order valence-corrected chi connectivity index (χ0v) is 18.1. The number of rotatable bonds is 6. The van der Waals surface area contributed by atoms with Crippen molar-refractivity contribution in [2.75, 3.05) is 18.4 Å². The predicted octanol–water partition coefficient (Wildman–Crippen LogP) is 6.28. The first-order valence-corrected chi connectivity index (χ1v) is 9.37. The van der Waals surface area contributed by atoms with E-state index in [0.29, 0.717) is 12.1 Å². The van der Waals surface area contributed by atoms with E-state index in [-0.39, 0.29) is 42.3 Å². The number of likely N-dealkylation sites (tertiary alicyclic amines) is 1. The van der Waals surface area contributed by atoms with Gasteiger partial charge in [0.25, 0.3) is 0 Å². The van der Waals surface area contributed by atoms with Gasteiger partial charge < -0.3 is 10.1 Å². The van der Waals surface area contributed by atoms with Gasteiger partial charge in [-0.25, -0.2) is 4.79 Å². The second-order valence-electron chi connectivity index (χ2n) is 6.76. The molecule has 1 aliphatic heterocycles. The lowest BCUT2D eigenvalue weighted by atomic mass is 10.1. The first-order chi connectivity index (χ1) is 13.4. The van der Waals surface area contributed by atoms with Crippen LogP contribution >= 0.6 is 24.8 Å². The van der Waals surface area contributed by atoms with Crippen LogP contribution in [0.2, 0.25) is 0 Å². The maximum atomic E-state index is 12.9. The average molecular weight is 465 g/mol. The fourth-order valence-corrected chi connectivity index (χ4v) is 3.33. The molecule has 2 aromatic rings. The Labute approximate surface area is 186 Å². The van der Waals surface area contributed by atoms with Crippen LogP contribution in [0, 0.1) is 0 Å². The maximum absolute atomic E-state index is 12.9. The van der Waals surface area contributed by atoms with Crippen molar-refractivity contribution >= 4 is 42.2 Å². The minimum Gasteiger partial charge on any atom is -0.443 e. The molecule has 0 bridgehead atoms. The standard InChI is InChI=1S/C21H23F3N2O2.2ClH/c1-2-19(26-12-5-6-13-26)28-20(27)17-10-3-4-11-18(17)25-16-9-7-8-15(14-16)21(22,23)24;;/h3-4,7-11,14,19,25H,2,5-6,12-13H2,1H3;2*1H. The van der Waals surface area contributed by atoms with Gasteiger partial charge in [-0.2, -0.15) is 13.2 Å². The van der Waals surface area contributed by atoms with Gasteiger partial charge in [-0.1, -0.05) is 25.1 Å². The van der Waals surface area contributed by atoms with Gasteiger partial charge in [-0.15, -0.1) is 24.8 Å². The minimum absolute atomic E-state index is 0. The smallest absolute Gasteiger partial charge is 0.416 e. The molecule has 0 aromatic heterocycles. The van der Waals surface area contributed by atoms with Crippen LogP contribution in [-0.2, 0) is 10.9 Å². The predicted molar refractivity (Wildman–Crippen MR) is 116 cm³/mol. The SMILES string of the molecule is CCC(OC(=O)c1ccccc1Nc1cccc(C(F)(F)F)c1)N1CCCC1.Cl.Cl. The minimum atomic E-state index is -4.43. The third-order valence-corrected chi connectivity index (χ3v) is 4.76. The largest absolute Gasteiger partial charge is 0.443 e. The molecule has 9 heteroatoms. The molecule has 2 aromatic carbocycles. The molecular formula is C21H25Cl2F3N2O2. The van der Waals surface area contributed by atoms with Crippen molar-refractivity contribution in [3.63, 3.8) is 0 Å². The Kier molecular flexibility index (Phi) is 9.94. The summed E-state index contributed by atoms with van der Waals surface area (Å²) in [4.78, 5) is 14.9. The summed E-state index contributed by atoms with van der Waals surface area (Å²) in [7, 11) is 0. The molecule has 0 spiro atoms. The highest BCUT2D eigenvalue weighted by atomic mass is 35.5. The molecule has 166 valence electrons. The number of anilines is 2. The fourth-order valence-electron chi connectivity index (χ4n) is 3.33. The number of alkyl halides is 3. The lowest BCUT2D eigenvalue weighted by Crippen LogP contribution is -2.36. The van der Waals surface area contributed by atoms with E-state index >= 15 is 0 Å². The van der Waals surface area contributed by atoms with E-state index in [0.717, 1.165) is 38.1 Å². The summed E-state index contributed by atoms with van der Waals surface area (Å²) in [5.41, 5.74) is 0.194. The first-order valence-electron chi connectivity index (χ1n) is 9.37. The van der Waals surface area contributed by atoms with E-state index in [1.165, 1.54) is 12.1 Å². The number of para-hydroxylation sites is 1. The molecule has 3 rings (SSSR count). The topological polar surface area (TPSA) is 41.6 Å². The Balaban J connectivity index is 0.00000225. The van der Waals surface area contributed by atoms with E-state index in [1.54, 1.807) is 24.3 Å². The molecule has 1 saturated heterocycles. The highest BCUT2D eigenvalue weighted by Crippen LogP contribution is 2.32. The quantitative estimate of drug-likeness (QED) is 0.510. The zero-order valence-electron chi connectivity index (χ0n) is 16.4. The van der Waals surface area contributed by atoms with Gasteiger partial charge in [0.1, 0.15) is 0 Å². The average Bonchev–Trinajstić information content (AvgIpc) is 3.20. The van der Waals surface area contributed by atoms with Crippen molar-refractivity contribution < 1.29 is 22.7 Å². The summed E-state index contributed by atoms with van der Waals surface area (Å²) >= 11 is 0. The van der Waals surface area contributed by atoms with Crippen LogP contribution in [0.3, 0.4) is 0 Å².